The highest BCUT2D eigenvalue weighted by Crippen LogP contribution is 2.48. The molecule has 0 unspecified atom stereocenters. The third-order valence-electron chi connectivity index (χ3n) is 21.9. The Balaban J connectivity index is 1.29. The molecule has 8 aromatic carbocycles. The lowest BCUT2D eigenvalue weighted by atomic mass is 9.79. The topological polar surface area (TPSA) is 162 Å². The first kappa shape index (κ1) is 78.2. The van der Waals surface area contributed by atoms with Crippen LogP contribution in [0.3, 0.4) is 0 Å². The maximum absolute atomic E-state index is 13.2. The largest absolute Gasteiger partial charge is 0.507 e. The summed E-state index contributed by atoms with van der Waals surface area (Å²) in [5.74, 6) is 2.38. The Morgan fingerprint density at radius 1 is 0.236 bits per heavy atom. The van der Waals surface area contributed by atoms with E-state index in [9.17, 15) is 30.6 Å². The number of aromatic hydroxyl groups is 6. The maximum Gasteiger partial charge on any atom is 0.130 e. The van der Waals surface area contributed by atoms with Gasteiger partial charge < -0.3 is 44.8 Å². The first-order valence-corrected chi connectivity index (χ1v) is 38.1. The third kappa shape index (κ3) is 16.9. The molecule has 10 nitrogen and oxygen atoms in total. The fraction of sp³-hybridized carbons (Fsp3) is 0.448. The number of hydrogen-bond donors (Lipinski definition) is 6. The summed E-state index contributed by atoms with van der Waals surface area (Å²) in [5.41, 5.74) is 17.5. The molecule has 562 valence electrons. The highest BCUT2D eigenvalue weighted by molar-refractivity contribution is 5.63. The molecule has 6 N–H and O–H groups in total. The minimum atomic E-state index is -0.389. The molecule has 11 rings (SSSR count). The van der Waals surface area contributed by atoms with Crippen LogP contribution in [0.15, 0.2) is 109 Å². The van der Waals surface area contributed by atoms with Crippen molar-refractivity contribution < 1.29 is 44.8 Å². The molecule has 2 aliphatic rings. The van der Waals surface area contributed by atoms with Gasteiger partial charge in [0, 0.05) is 63.5 Å². The molecule has 0 radical (unpaired) electrons. The summed E-state index contributed by atoms with van der Waals surface area (Å²) < 4.78 is 21.0. The van der Waals surface area contributed by atoms with Gasteiger partial charge in [-0.25, -0.2) is 0 Å². The van der Waals surface area contributed by atoms with Crippen LogP contribution in [0.25, 0.3) is 0 Å². The molecule has 106 heavy (non-hydrogen) atoms. The molecule has 0 amide bonds. The van der Waals surface area contributed by atoms with Gasteiger partial charge in [0.1, 0.15) is 65.0 Å². The normalized spacial score (nSPS) is 14.5. The predicted octanol–water partition coefficient (Wildman–Crippen LogP) is 22.2. The van der Waals surface area contributed by atoms with E-state index in [1.807, 2.05) is 12.1 Å². The summed E-state index contributed by atoms with van der Waals surface area (Å²) in [6.07, 6.45) is 1.77. The van der Waals surface area contributed by atoms with E-state index in [-0.39, 0.29) is 142 Å². The predicted molar refractivity (Wildman–Crippen MR) is 433 cm³/mol. The van der Waals surface area contributed by atoms with Crippen LogP contribution in [-0.4, -0.2) is 42.7 Å². The summed E-state index contributed by atoms with van der Waals surface area (Å²) in [6, 6.07) is 37.8. The fourth-order valence-corrected chi connectivity index (χ4v) is 14.9. The summed E-state index contributed by atoms with van der Waals surface area (Å²) in [4.78, 5) is 5.36. The smallest absolute Gasteiger partial charge is 0.130 e. The minimum absolute atomic E-state index is 0.0106. The van der Waals surface area contributed by atoms with Gasteiger partial charge in [-0.3, -0.25) is 4.98 Å². The lowest BCUT2D eigenvalue weighted by Gasteiger charge is -2.28. The zero-order valence-electron chi connectivity index (χ0n) is 68.3. The van der Waals surface area contributed by atoms with Crippen LogP contribution in [-0.2, 0) is 108 Å². The monoisotopic (exact) mass is 1430 g/mol. The number of pyridine rings is 1. The molecular formula is C96H119NO9. The van der Waals surface area contributed by atoms with Gasteiger partial charge in [-0.05, 0) is 177 Å². The van der Waals surface area contributed by atoms with Crippen molar-refractivity contribution >= 4 is 0 Å². The molecule has 10 heteroatoms. The Morgan fingerprint density at radius 2 is 0.377 bits per heavy atom. The lowest BCUT2D eigenvalue weighted by molar-refractivity contribution is 0.282. The molecule has 0 aliphatic carbocycles. The number of aromatic nitrogens is 1. The SMILES string of the molecule is COc1cc2nc(c1)COc1c3cc(C(C)(C)C)cc1Cc1cc(C(C)(C)C)cc(c1O)Cc1cc(C(C)(C)C)cc(c1O)Cc1cc(C(C)(C)C)cc(c1O)Cc1cc(C(C)(C)C)cc(c1OC2)Cc1cc(C(C)(C)C)cc(c1O)Cc1cc(C(C)(C)C)cc(c1O)Cc1cc(C(C)(C)C)cc(c1O)C3. The Hall–Kier alpha value is -8.89. The van der Waals surface area contributed by atoms with E-state index in [1.54, 1.807) is 7.11 Å². The average Bonchev–Trinajstić information content (AvgIpc) is 0.775. The molecule has 0 saturated heterocycles. The molecule has 3 heterocycles. The van der Waals surface area contributed by atoms with Crippen molar-refractivity contribution in [2.75, 3.05) is 7.11 Å². The van der Waals surface area contributed by atoms with Crippen molar-refractivity contribution in [1.82, 2.24) is 4.98 Å². The molecule has 1 aromatic heterocycles. The van der Waals surface area contributed by atoms with Gasteiger partial charge in [-0.1, -0.05) is 263 Å². The summed E-state index contributed by atoms with van der Waals surface area (Å²) in [6.45, 7) is 52.4. The number of rotatable bonds is 1. The van der Waals surface area contributed by atoms with Crippen LogP contribution in [0, 0.1) is 0 Å². The van der Waals surface area contributed by atoms with Crippen molar-refractivity contribution in [2.24, 2.45) is 0 Å². The second-order valence-corrected chi connectivity index (χ2v) is 39.1. The average molecular weight is 1430 g/mol. The summed E-state index contributed by atoms with van der Waals surface area (Å²) >= 11 is 0. The van der Waals surface area contributed by atoms with Crippen molar-refractivity contribution in [3.05, 3.63) is 254 Å². The van der Waals surface area contributed by atoms with Crippen molar-refractivity contribution in [2.45, 2.75) is 274 Å². The minimum Gasteiger partial charge on any atom is -0.507 e. The first-order chi connectivity index (χ1) is 48.9. The Morgan fingerprint density at radius 3 is 0.519 bits per heavy atom. The number of benzene rings is 8. The Bertz CT molecular complexity index is 4350. The molecule has 0 saturated carbocycles. The van der Waals surface area contributed by atoms with Crippen LogP contribution >= 0.6 is 0 Å². The number of methoxy groups -OCH3 is 1. The van der Waals surface area contributed by atoms with Crippen molar-refractivity contribution in [3.8, 4) is 51.7 Å². The molecule has 16 bridgehead atoms. The number of phenols is 6. The molecule has 0 fully saturated rings. The number of fused-ring (bicyclic) bond motifs is 14. The van der Waals surface area contributed by atoms with Crippen molar-refractivity contribution in [1.29, 1.82) is 0 Å². The second-order valence-electron chi connectivity index (χ2n) is 39.1. The van der Waals surface area contributed by atoms with Crippen LogP contribution in [0.4, 0.5) is 0 Å². The molecule has 9 aromatic rings. The molecule has 0 atom stereocenters. The standard InChI is InChI=1S/C96H119NO9/c1-89(2,3)70-34-54-26-58-38-72(91(7,8)9)42-62(83(58)100)30-66-46-76(95(19,20)21)48-68-32-64-44-74(93(13,14)15)40-60(85(64)102)28-56-36-71(90(4,5)6)37-57(82(56)99)29-61-41-75(94(16,17)18)45-65(86(61)103)33-69-49-77(96(22,23)24)47-67(88(69)106-53-79-51-80(104-25)50-78(97-79)52-105-87(66)68)31-63-43-73(92(10,11)12)39-59(84(63)101)27-55(35-70)81(54)98/h34-51,98-103H,26-33,52-53H2,1-25H3. The van der Waals surface area contributed by atoms with E-state index in [0.717, 1.165) is 66.8 Å². The molecular weight excluding hydrogens is 1310 g/mol. The molecule has 0 spiro atoms. The van der Waals surface area contributed by atoms with Crippen LogP contribution in [0.1, 0.15) is 311 Å². The number of hydrogen-bond acceptors (Lipinski definition) is 10. The highest BCUT2D eigenvalue weighted by atomic mass is 16.5. The number of ether oxygens (including phenoxy) is 3. The van der Waals surface area contributed by atoms with E-state index in [4.69, 9.17) is 19.2 Å². The number of nitrogens with zero attached hydrogens (tertiary/aromatic N) is 1. The van der Waals surface area contributed by atoms with Crippen LogP contribution in [0.5, 0.6) is 51.7 Å². The van der Waals surface area contributed by atoms with Crippen LogP contribution in [0.2, 0.25) is 0 Å². The van der Waals surface area contributed by atoms with E-state index >= 15 is 0 Å². The maximum atomic E-state index is 13.2. The van der Waals surface area contributed by atoms with E-state index in [1.165, 1.54) is 0 Å². The highest BCUT2D eigenvalue weighted by Gasteiger charge is 2.33. The summed E-state index contributed by atoms with van der Waals surface area (Å²) in [5, 5.41) is 79.0. The second kappa shape index (κ2) is 28.0. The quantitative estimate of drug-likeness (QED) is 0.0933. The van der Waals surface area contributed by atoms with E-state index < -0.39 is 0 Å². The van der Waals surface area contributed by atoms with E-state index in [0.29, 0.717) is 95.4 Å². The van der Waals surface area contributed by atoms with Gasteiger partial charge in [-0.15, -0.1) is 0 Å². The zero-order valence-corrected chi connectivity index (χ0v) is 68.3. The number of phenolic OH excluding ortho intramolecular Hbond substituents is 6. The lowest BCUT2D eigenvalue weighted by Crippen LogP contribution is -2.16. The third-order valence-corrected chi connectivity index (χ3v) is 21.9. The van der Waals surface area contributed by atoms with Gasteiger partial charge in [0.2, 0.25) is 0 Å². The Labute approximate surface area is 633 Å². The van der Waals surface area contributed by atoms with Gasteiger partial charge in [0.25, 0.3) is 0 Å². The zero-order chi connectivity index (χ0) is 77.8. The van der Waals surface area contributed by atoms with Gasteiger partial charge >= 0.3 is 0 Å². The first-order valence-electron chi connectivity index (χ1n) is 38.1. The van der Waals surface area contributed by atoms with Gasteiger partial charge in [0.15, 0.2) is 0 Å². The van der Waals surface area contributed by atoms with E-state index in [2.05, 4.69) is 263 Å². The van der Waals surface area contributed by atoms with Crippen LogP contribution < -0.4 is 14.2 Å². The van der Waals surface area contributed by atoms with Gasteiger partial charge in [0.05, 0.1) is 18.5 Å². The Kier molecular flexibility index (Phi) is 20.7. The van der Waals surface area contributed by atoms with Crippen molar-refractivity contribution in [3.63, 3.8) is 0 Å². The van der Waals surface area contributed by atoms with Gasteiger partial charge in [-0.2, -0.15) is 0 Å². The fourth-order valence-electron chi connectivity index (χ4n) is 14.9. The molecule has 2 aliphatic heterocycles. The summed E-state index contributed by atoms with van der Waals surface area (Å²) in [7, 11) is 1.64.